The molecular formula is C20H24N2O4. The van der Waals surface area contributed by atoms with Crippen LogP contribution in [0.3, 0.4) is 0 Å². The Kier molecular flexibility index (Phi) is 7.02. The lowest BCUT2D eigenvalue weighted by Crippen LogP contribution is -2.38. The Balaban J connectivity index is 1.99. The molecule has 0 aliphatic rings. The molecule has 2 rings (SSSR count). The van der Waals surface area contributed by atoms with Crippen LogP contribution in [0.5, 0.6) is 0 Å². The molecule has 6 heteroatoms. The standard InChI is InChI=1S/C20H24N2O4/c1-14-10-17(21)9-8-16(14)11-18(12-19(23)25-2)22-20(24)26-13-15-6-4-3-5-7-15/h3-10,18H,11-13,21H2,1-2H3,(H,22,24). The van der Waals surface area contributed by atoms with Gasteiger partial charge in [-0.2, -0.15) is 0 Å². The zero-order valence-electron chi connectivity index (χ0n) is 15.0. The summed E-state index contributed by atoms with van der Waals surface area (Å²) in [5.41, 5.74) is 9.33. The van der Waals surface area contributed by atoms with Crippen LogP contribution in [-0.2, 0) is 27.3 Å². The largest absolute Gasteiger partial charge is 0.469 e. The molecule has 6 nitrogen and oxygen atoms in total. The molecule has 0 aromatic heterocycles. The molecule has 0 radical (unpaired) electrons. The summed E-state index contributed by atoms with van der Waals surface area (Å²) in [7, 11) is 1.32. The van der Waals surface area contributed by atoms with Crippen molar-refractivity contribution >= 4 is 17.7 Å². The lowest BCUT2D eigenvalue weighted by atomic mass is 9.99. The molecule has 0 aliphatic carbocycles. The van der Waals surface area contributed by atoms with Crippen LogP contribution < -0.4 is 11.1 Å². The highest BCUT2D eigenvalue weighted by atomic mass is 16.5. The van der Waals surface area contributed by atoms with Gasteiger partial charge in [0.1, 0.15) is 6.61 Å². The first-order valence-corrected chi connectivity index (χ1v) is 8.37. The fraction of sp³-hybridized carbons (Fsp3) is 0.300. The lowest BCUT2D eigenvalue weighted by Gasteiger charge is -2.19. The van der Waals surface area contributed by atoms with Gasteiger partial charge in [0.15, 0.2) is 0 Å². The minimum Gasteiger partial charge on any atom is -0.469 e. The van der Waals surface area contributed by atoms with Crippen molar-refractivity contribution in [1.82, 2.24) is 5.32 Å². The highest BCUT2D eigenvalue weighted by Crippen LogP contribution is 2.16. The van der Waals surface area contributed by atoms with Gasteiger partial charge < -0.3 is 20.5 Å². The molecule has 1 amide bonds. The number of nitrogens with two attached hydrogens (primary N) is 1. The van der Waals surface area contributed by atoms with E-state index in [9.17, 15) is 9.59 Å². The van der Waals surface area contributed by atoms with E-state index in [-0.39, 0.29) is 13.0 Å². The maximum absolute atomic E-state index is 12.1. The van der Waals surface area contributed by atoms with Gasteiger partial charge in [-0.1, -0.05) is 36.4 Å². The highest BCUT2D eigenvalue weighted by Gasteiger charge is 2.19. The number of hydrogen-bond donors (Lipinski definition) is 2. The predicted molar refractivity (Wildman–Crippen MR) is 99.5 cm³/mol. The third-order valence-corrected chi connectivity index (χ3v) is 4.01. The Labute approximate surface area is 153 Å². The van der Waals surface area contributed by atoms with E-state index in [1.165, 1.54) is 7.11 Å². The average molecular weight is 356 g/mol. The van der Waals surface area contributed by atoms with E-state index in [4.69, 9.17) is 15.2 Å². The average Bonchev–Trinajstić information content (AvgIpc) is 2.63. The summed E-state index contributed by atoms with van der Waals surface area (Å²) in [6, 6.07) is 14.5. The molecular weight excluding hydrogens is 332 g/mol. The van der Waals surface area contributed by atoms with Crippen LogP contribution in [0.15, 0.2) is 48.5 Å². The molecule has 0 aliphatic heterocycles. The van der Waals surface area contributed by atoms with Gasteiger partial charge in [0.2, 0.25) is 0 Å². The first-order valence-electron chi connectivity index (χ1n) is 8.37. The second-order valence-corrected chi connectivity index (χ2v) is 6.07. The molecule has 0 saturated heterocycles. The molecule has 0 saturated carbocycles. The van der Waals surface area contributed by atoms with Crippen molar-refractivity contribution in [2.24, 2.45) is 0 Å². The van der Waals surface area contributed by atoms with E-state index in [0.717, 1.165) is 16.7 Å². The number of methoxy groups -OCH3 is 1. The molecule has 26 heavy (non-hydrogen) atoms. The van der Waals surface area contributed by atoms with Gasteiger partial charge in [-0.05, 0) is 42.2 Å². The number of rotatable bonds is 7. The summed E-state index contributed by atoms with van der Waals surface area (Å²) < 4.78 is 9.97. The second-order valence-electron chi connectivity index (χ2n) is 6.07. The third-order valence-electron chi connectivity index (χ3n) is 4.01. The van der Waals surface area contributed by atoms with Crippen molar-refractivity contribution in [2.75, 3.05) is 12.8 Å². The number of aryl methyl sites for hydroxylation is 1. The van der Waals surface area contributed by atoms with Crippen molar-refractivity contribution in [1.29, 1.82) is 0 Å². The number of nitrogen functional groups attached to an aromatic ring is 1. The molecule has 1 unspecified atom stereocenters. The first-order chi connectivity index (χ1) is 12.5. The molecule has 0 fully saturated rings. The fourth-order valence-corrected chi connectivity index (χ4v) is 2.60. The molecule has 1 atom stereocenters. The topological polar surface area (TPSA) is 90.6 Å². The number of esters is 1. The number of carbonyl (C=O) groups is 2. The van der Waals surface area contributed by atoms with Gasteiger partial charge in [-0.25, -0.2) is 4.79 Å². The van der Waals surface area contributed by atoms with Crippen molar-refractivity contribution in [2.45, 2.75) is 32.4 Å². The van der Waals surface area contributed by atoms with Crippen LogP contribution in [-0.4, -0.2) is 25.2 Å². The zero-order valence-corrected chi connectivity index (χ0v) is 15.0. The van der Waals surface area contributed by atoms with Gasteiger partial charge in [-0.15, -0.1) is 0 Å². The van der Waals surface area contributed by atoms with Crippen LogP contribution in [0.4, 0.5) is 10.5 Å². The normalized spacial score (nSPS) is 11.5. The third kappa shape index (κ3) is 6.12. The van der Waals surface area contributed by atoms with E-state index < -0.39 is 18.1 Å². The highest BCUT2D eigenvalue weighted by molar-refractivity contribution is 5.72. The number of ether oxygens (including phenoxy) is 2. The monoisotopic (exact) mass is 356 g/mol. The molecule has 3 N–H and O–H groups in total. The number of anilines is 1. The molecule has 0 heterocycles. The number of hydrogen-bond acceptors (Lipinski definition) is 5. The quantitative estimate of drug-likeness (QED) is 0.588. The van der Waals surface area contributed by atoms with Crippen LogP contribution in [0, 0.1) is 6.92 Å². The predicted octanol–water partition coefficient (Wildman–Crippen LogP) is 2.98. The minimum absolute atomic E-state index is 0.0563. The van der Waals surface area contributed by atoms with Gasteiger partial charge >= 0.3 is 12.1 Å². The summed E-state index contributed by atoms with van der Waals surface area (Å²) >= 11 is 0. The number of alkyl carbamates (subject to hydrolysis) is 1. The molecule has 0 bridgehead atoms. The van der Waals surface area contributed by atoms with Gasteiger partial charge in [-0.3, -0.25) is 4.79 Å². The van der Waals surface area contributed by atoms with E-state index in [0.29, 0.717) is 12.1 Å². The van der Waals surface area contributed by atoms with Crippen LogP contribution >= 0.6 is 0 Å². The zero-order chi connectivity index (χ0) is 18.9. The first kappa shape index (κ1) is 19.3. The maximum atomic E-state index is 12.1. The molecule has 2 aromatic carbocycles. The Bertz CT molecular complexity index is 747. The summed E-state index contributed by atoms with van der Waals surface area (Å²) in [5, 5.41) is 2.75. The minimum atomic E-state index is -0.573. The van der Waals surface area contributed by atoms with E-state index >= 15 is 0 Å². The van der Waals surface area contributed by atoms with Crippen LogP contribution in [0.2, 0.25) is 0 Å². The maximum Gasteiger partial charge on any atom is 0.407 e. The second kappa shape index (κ2) is 9.46. The summed E-state index contributed by atoms with van der Waals surface area (Å²) in [6.07, 6.45) is -0.0431. The summed E-state index contributed by atoms with van der Waals surface area (Å²) in [5.74, 6) is -0.397. The van der Waals surface area contributed by atoms with E-state index in [1.807, 2.05) is 49.4 Å². The molecule has 0 spiro atoms. The van der Waals surface area contributed by atoms with Crippen LogP contribution in [0.1, 0.15) is 23.1 Å². The van der Waals surface area contributed by atoms with Gasteiger partial charge in [0, 0.05) is 11.7 Å². The Morgan fingerprint density at radius 2 is 1.88 bits per heavy atom. The van der Waals surface area contributed by atoms with E-state index in [2.05, 4.69) is 5.32 Å². The van der Waals surface area contributed by atoms with E-state index in [1.54, 1.807) is 6.07 Å². The van der Waals surface area contributed by atoms with Crippen molar-refractivity contribution in [3.8, 4) is 0 Å². The van der Waals surface area contributed by atoms with Crippen molar-refractivity contribution in [3.63, 3.8) is 0 Å². The Morgan fingerprint density at radius 3 is 2.54 bits per heavy atom. The Hall–Kier alpha value is -3.02. The number of amides is 1. The lowest BCUT2D eigenvalue weighted by molar-refractivity contribution is -0.141. The van der Waals surface area contributed by atoms with Crippen LogP contribution in [0.25, 0.3) is 0 Å². The van der Waals surface area contributed by atoms with Gasteiger partial charge in [0.25, 0.3) is 0 Å². The number of benzene rings is 2. The fourth-order valence-electron chi connectivity index (χ4n) is 2.60. The summed E-state index contributed by atoms with van der Waals surface area (Å²) in [6.45, 7) is 2.10. The smallest absolute Gasteiger partial charge is 0.407 e. The van der Waals surface area contributed by atoms with Gasteiger partial charge in [0.05, 0.1) is 13.5 Å². The SMILES string of the molecule is COC(=O)CC(Cc1ccc(N)cc1C)NC(=O)OCc1ccccc1. The molecule has 138 valence electrons. The number of carbonyl (C=O) groups excluding carboxylic acids is 2. The van der Waals surface area contributed by atoms with Crippen molar-refractivity contribution < 1.29 is 19.1 Å². The van der Waals surface area contributed by atoms with Crippen molar-refractivity contribution in [3.05, 3.63) is 65.2 Å². The number of nitrogens with one attached hydrogen (secondary N) is 1. The Morgan fingerprint density at radius 1 is 1.15 bits per heavy atom. The summed E-state index contributed by atoms with van der Waals surface area (Å²) in [4.78, 5) is 23.8. The molecule has 2 aromatic rings.